The Hall–Kier alpha value is -0.470. The van der Waals surface area contributed by atoms with Crippen LogP contribution in [-0.2, 0) is 10.5 Å². The van der Waals surface area contributed by atoms with Gasteiger partial charge in [-0.15, -0.1) is 0 Å². The maximum atomic E-state index is 5.66. The van der Waals surface area contributed by atoms with E-state index in [0.29, 0.717) is 11.4 Å². The van der Waals surface area contributed by atoms with Crippen molar-refractivity contribution >= 4 is 11.8 Å². The van der Waals surface area contributed by atoms with Crippen molar-refractivity contribution in [3.05, 3.63) is 35.9 Å². The normalized spacial score (nSPS) is 26.5. The largest absolute Gasteiger partial charge is 0.377 e. The van der Waals surface area contributed by atoms with Crippen molar-refractivity contribution in [3.63, 3.8) is 0 Å². The molecule has 1 aromatic rings. The van der Waals surface area contributed by atoms with Gasteiger partial charge in [-0.2, -0.15) is 11.8 Å². The molecular weight excluding hydrogens is 204 g/mol. The minimum absolute atomic E-state index is 0.424. The van der Waals surface area contributed by atoms with Crippen LogP contribution in [0.15, 0.2) is 30.3 Å². The van der Waals surface area contributed by atoms with Gasteiger partial charge in [0.05, 0.1) is 6.10 Å². The number of benzene rings is 1. The molecule has 1 nitrogen and oxygen atoms in total. The van der Waals surface area contributed by atoms with Gasteiger partial charge in [-0.25, -0.2) is 0 Å². The maximum absolute atomic E-state index is 5.66. The maximum Gasteiger partial charge on any atom is 0.0665 e. The van der Waals surface area contributed by atoms with E-state index in [1.165, 1.54) is 18.4 Å². The van der Waals surface area contributed by atoms with E-state index >= 15 is 0 Å². The van der Waals surface area contributed by atoms with Crippen molar-refractivity contribution in [3.8, 4) is 0 Å². The molecule has 1 heterocycles. The topological polar surface area (TPSA) is 9.23 Å². The summed E-state index contributed by atoms with van der Waals surface area (Å²) in [5.74, 6) is 1.11. The summed E-state index contributed by atoms with van der Waals surface area (Å²) in [5, 5.41) is 0.680. The molecule has 1 fully saturated rings. The van der Waals surface area contributed by atoms with E-state index in [0.717, 1.165) is 12.4 Å². The molecule has 0 amide bonds. The average Bonchev–Trinajstić information content (AvgIpc) is 2.29. The first-order chi connectivity index (χ1) is 7.36. The molecule has 0 radical (unpaired) electrons. The molecular formula is C13H18OS. The highest BCUT2D eigenvalue weighted by Gasteiger charge is 2.21. The lowest BCUT2D eigenvalue weighted by Gasteiger charge is -2.28. The number of hydrogen-bond donors (Lipinski definition) is 0. The Bertz CT molecular complexity index is 286. The second-order valence-corrected chi connectivity index (χ2v) is 5.28. The van der Waals surface area contributed by atoms with Crippen LogP contribution in [0.4, 0.5) is 0 Å². The summed E-state index contributed by atoms with van der Waals surface area (Å²) < 4.78 is 5.66. The summed E-state index contributed by atoms with van der Waals surface area (Å²) >= 11 is 2.03. The predicted octanol–water partition coefficient (Wildman–Crippen LogP) is 3.49. The lowest BCUT2D eigenvalue weighted by molar-refractivity contribution is 0.0335. The third-order valence-electron chi connectivity index (χ3n) is 2.84. The standard InChI is InChI=1S/C13H18OS/c1-11-13(8-5-9-14-11)15-10-12-6-3-2-4-7-12/h2-4,6-7,11,13H,5,8-10H2,1H3/t11-,13-/m1/s1. The van der Waals surface area contributed by atoms with Crippen molar-refractivity contribution in [1.29, 1.82) is 0 Å². The van der Waals surface area contributed by atoms with E-state index in [-0.39, 0.29) is 0 Å². The third-order valence-corrected chi connectivity index (χ3v) is 4.39. The van der Waals surface area contributed by atoms with Gasteiger partial charge in [-0.05, 0) is 25.3 Å². The van der Waals surface area contributed by atoms with Gasteiger partial charge in [-0.3, -0.25) is 0 Å². The Labute approximate surface area is 96.2 Å². The Morgan fingerprint density at radius 2 is 2.13 bits per heavy atom. The van der Waals surface area contributed by atoms with E-state index in [2.05, 4.69) is 37.3 Å². The highest BCUT2D eigenvalue weighted by atomic mass is 32.2. The lowest BCUT2D eigenvalue weighted by atomic mass is 10.1. The molecule has 1 saturated heterocycles. The van der Waals surface area contributed by atoms with Crippen LogP contribution in [0.1, 0.15) is 25.3 Å². The first-order valence-corrected chi connectivity index (χ1v) is 6.68. The summed E-state index contributed by atoms with van der Waals surface area (Å²) in [6.07, 6.45) is 2.95. The van der Waals surface area contributed by atoms with E-state index in [1.807, 2.05) is 11.8 Å². The zero-order valence-corrected chi connectivity index (χ0v) is 10.0. The van der Waals surface area contributed by atoms with Gasteiger partial charge in [0.1, 0.15) is 0 Å². The first kappa shape index (κ1) is 11.0. The Balaban J connectivity index is 1.82. The van der Waals surface area contributed by atoms with E-state index in [4.69, 9.17) is 4.74 Å². The van der Waals surface area contributed by atoms with Crippen LogP contribution in [0.5, 0.6) is 0 Å². The van der Waals surface area contributed by atoms with Gasteiger partial charge < -0.3 is 4.74 Å². The van der Waals surface area contributed by atoms with Gasteiger partial charge in [0, 0.05) is 17.6 Å². The Kier molecular flexibility index (Phi) is 4.09. The lowest BCUT2D eigenvalue weighted by Crippen LogP contribution is -2.29. The van der Waals surface area contributed by atoms with Gasteiger partial charge in [0.25, 0.3) is 0 Å². The molecule has 0 unspecified atom stereocenters. The molecule has 0 aliphatic carbocycles. The monoisotopic (exact) mass is 222 g/mol. The van der Waals surface area contributed by atoms with Gasteiger partial charge in [0.2, 0.25) is 0 Å². The fraction of sp³-hybridized carbons (Fsp3) is 0.538. The minimum Gasteiger partial charge on any atom is -0.377 e. The summed E-state index contributed by atoms with van der Waals surface area (Å²) in [5.41, 5.74) is 1.42. The van der Waals surface area contributed by atoms with Crippen molar-refractivity contribution in [2.45, 2.75) is 36.9 Å². The van der Waals surface area contributed by atoms with Crippen LogP contribution in [0, 0.1) is 0 Å². The molecule has 1 aromatic carbocycles. The molecule has 2 rings (SSSR count). The highest BCUT2D eigenvalue weighted by molar-refractivity contribution is 7.99. The van der Waals surface area contributed by atoms with Crippen LogP contribution in [-0.4, -0.2) is 18.0 Å². The fourth-order valence-electron chi connectivity index (χ4n) is 1.89. The summed E-state index contributed by atoms with van der Waals surface area (Å²) in [7, 11) is 0. The molecule has 15 heavy (non-hydrogen) atoms. The van der Waals surface area contributed by atoms with Crippen LogP contribution in [0.25, 0.3) is 0 Å². The zero-order valence-electron chi connectivity index (χ0n) is 9.19. The van der Waals surface area contributed by atoms with Crippen molar-refractivity contribution in [2.75, 3.05) is 6.61 Å². The molecule has 0 aromatic heterocycles. The van der Waals surface area contributed by atoms with Crippen molar-refractivity contribution < 1.29 is 4.74 Å². The second kappa shape index (κ2) is 5.57. The predicted molar refractivity (Wildman–Crippen MR) is 66.2 cm³/mol. The third kappa shape index (κ3) is 3.25. The molecule has 0 N–H and O–H groups in total. The van der Waals surface area contributed by atoms with Crippen LogP contribution in [0.2, 0.25) is 0 Å². The molecule has 0 bridgehead atoms. The number of ether oxygens (including phenoxy) is 1. The van der Waals surface area contributed by atoms with Crippen LogP contribution in [0.3, 0.4) is 0 Å². The van der Waals surface area contributed by atoms with Gasteiger partial charge in [0.15, 0.2) is 0 Å². The second-order valence-electron chi connectivity index (χ2n) is 4.05. The van der Waals surface area contributed by atoms with E-state index in [9.17, 15) is 0 Å². The highest BCUT2D eigenvalue weighted by Crippen LogP contribution is 2.28. The molecule has 0 saturated carbocycles. The molecule has 2 atom stereocenters. The number of thioether (sulfide) groups is 1. The molecule has 0 spiro atoms. The summed E-state index contributed by atoms with van der Waals surface area (Å²) in [6.45, 7) is 3.14. The fourth-order valence-corrected chi connectivity index (χ4v) is 3.17. The smallest absolute Gasteiger partial charge is 0.0665 e. The molecule has 82 valence electrons. The first-order valence-electron chi connectivity index (χ1n) is 5.63. The van der Waals surface area contributed by atoms with Gasteiger partial charge in [-0.1, -0.05) is 30.3 Å². The minimum atomic E-state index is 0.424. The van der Waals surface area contributed by atoms with Gasteiger partial charge >= 0.3 is 0 Å². The van der Waals surface area contributed by atoms with Crippen LogP contribution < -0.4 is 0 Å². The average molecular weight is 222 g/mol. The Morgan fingerprint density at radius 1 is 1.33 bits per heavy atom. The molecule has 1 aliphatic rings. The molecule has 2 heteroatoms. The van der Waals surface area contributed by atoms with Crippen molar-refractivity contribution in [1.82, 2.24) is 0 Å². The van der Waals surface area contributed by atoms with E-state index < -0.39 is 0 Å². The summed E-state index contributed by atoms with van der Waals surface area (Å²) in [6, 6.07) is 10.7. The SMILES string of the molecule is C[C@H]1OCCC[C@H]1SCc1ccccc1. The Morgan fingerprint density at radius 3 is 2.87 bits per heavy atom. The zero-order chi connectivity index (χ0) is 10.5. The van der Waals surface area contributed by atoms with Crippen LogP contribution >= 0.6 is 11.8 Å². The quantitative estimate of drug-likeness (QED) is 0.774. The number of rotatable bonds is 3. The summed E-state index contributed by atoms with van der Waals surface area (Å²) in [4.78, 5) is 0. The van der Waals surface area contributed by atoms with E-state index in [1.54, 1.807) is 0 Å². The number of hydrogen-bond acceptors (Lipinski definition) is 2. The molecule has 1 aliphatic heterocycles. The van der Waals surface area contributed by atoms with Crippen molar-refractivity contribution in [2.24, 2.45) is 0 Å².